The van der Waals surface area contributed by atoms with Gasteiger partial charge >= 0.3 is 33.7 Å². The molecule has 0 aromatic heterocycles. The monoisotopic (exact) mass is 580 g/mol. The average molecular weight is 581 g/mol. The molecule has 0 aliphatic heterocycles. The molecule has 0 saturated carbocycles. The Morgan fingerprint density at radius 2 is 0.933 bits per heavy atom. The summed E-state index contributed by atoms with van der Waals surface area (Å²) >= 11 is 3.64. The van der Waals surface area contributed by atoms with Crippen LogP contribution >= 0.6 is 24.8 Å². The molecule has 164 valence electrons. The second-order valence-corrected chi connectivity index (χ2v) is 7.14. The second kappa shape index (κ2) is 17.2. The Labute approximate surface area is 216 Å². The molecule has 0 saturated heterocycles. The van der Waals surface area contributed by atoms with Crippen LogP contribution in [0, 0.1) is 14.9 Å². The zero-order valence-corrected chi connectivity index (χ0v) is 25.1. The van der Waals surface area contributed by atoms with E-state index in [4.69, 9.17) is 0 Å². The number of fused-ring (bicyclic) bond motifs is 2. The van der Waals surface area contributed by atoms with Crippen molar-refractivity contribution < 1.29 is 21.6 Å². The van der Waals surface area contributed by atoms with E-state index in [1.807, 2.05) is 0 Å². The van der Waals surface area contributed by atoms with Crippen molar-refractivity contribution in [3.8, 4) is 0 Å². The zero-order chi connectivity index (χ0) is 19.1. The van der Waals surface area contributed by atoms with Gasteiger partial charge in [0, 0.05) is 0 Å². The van der Waals surface area contributed by atoms with Crippen molar-refractivity contribution in [2.45, 2.75) is 39.5 Å². The molecule has 0 amide bonds. The van der Waals surface area contributed by atoms with E-state index in [1.165, 1.54) is 32.7 Å². The van der Waals surface area contributed by atoms with Gasteiger partial charge in [0.1, 0.15) is 0 Å². The molecular formula is C26H34Cl2GeZr-4. The number of hydrogen-bond donors (Lipinski definition) is 0. The van der Waals surface area contributed by atoms with E-state index in [-0.39, 0.29) is 39.7 Å². The van der Waals surface area contributed by atoms with Gasteiger partial charge in [-0.2, -0.15) is 12.1 Å². The van der Waals surface area contributed by atoms with Gasteiger partial charge in [-0.1, -0.05) is 39.8 Å². The first-order valence-corrected chi connectivity index (χ1v) is 16.5. The van der Waals surface area contributed by atoms with Gasteiger partial charge in [0.25, 0.3) is 0 Å². The van der Waals surface area contributed by atoms with E-state index >= 15 is 0 Å². The molecule has 30 heavy (non-hydrogen) atoms. The minimum absolute atomic E-state index is 0. The Morgan fingerprint density at radius 1 is 0.633 bits per heavy atom. The van der Waals surface area contributed by atoms with E-state index in [0.717, 1.165) is 0 Å². The predicted molar refractivity (Wildman–Crippen MR) is 140 cm³/mol. The molecule has 0 heterocycles. The van der Waals surface area contributed by atoms with E-state index in [9.17, 15) is 0 Å². The summed E-state index contributed by atoms with van der Waals surface area (Å²) in [5.41, 5.74) is 2.88. The Kier molecular flexibility index (Phi) is 19.7. The molecule has 0 unspecified atom stereocenters. The molecule has 4 aromatic carbocycles. The van der Waals surface area contributed by atoms with Gasteiger partial charge in [-0.25, -0.2) is 0 Å². The van der Waals surface area contributed by atoms with Crippen molar-refractivity contribution in [2.75, 3.05) is 0 Å². The van der Waals surface area contributed by atoms with E-state index in [1.54, 1.807) is 21.6 Å². The first kappa shape index (κ1) is 34.3. The molecule has 0 N–H and O–H groups in total. The van der Waals surface area contributed by atoms with Crippen molar-refractivity contribution in [1.82, 2.24) is 0 Å². The first-order valence-electron chi connectivity index (χ1n) is 9.10. The summed E-state index contributed by atoms with van der Waals surface area (Å²) in [5.74, 6) is 1.27. The molecule has 0 aliphatic carbocycles. The van der Waals surface area contributed by atoms with E-state index in [0.29, 0.717) is 11.8 Å². The van der Waals surface area contributed by atoms with Crippen molar-refractivity contribution in [3.05, 3.63) is 98.8 Å². The summed E-state index contributed by atoms with van der Waals surface area (Å²) in [7, 11) is 0. The van der Waals surface area contributed by atoms with Gasteiger partial charge in [-0.15, -0.1) is 106 Å². The van der Waals surface area contributed by atoms with Crippen molar-refractivity contribution in [1.29, 1.82) is 0 Å². The molecule has 4 rings (SSSR count). The van der Waals surface area contributed by atoms with Gasteiger partial charge < -0.3 is 14.9 Å². The Balaban J connectivity index is -0.000000400. The number of halogens is 2. The molecule has 0 spiro atoms. The maximum atomic E-state index is 2.28. The fourth-order valence-corrected chi connectivity index (χ4v) is 3.02. The third-order valence-electron chi connectivity index (χ3n) is 4.61. The van der Waals surface area contributed by atoms with Gasteiger partial charge in [0.15, 0.2) is 0 Å². The standard InChI is InChI=1S/2C12H13.2CH3.2ClH.Ge.Zr/c2*1-9(2)12-7-10-5-3-4-6-11(10)8-12;;;;;;/h2*3-9H,1-2H3;2*1H3;2*1H;;/q4*-1;;;;. The summed E-state index contributed by atoms with van der Waals surface area (Å²) in [6.45, 7) is 8.92. The van der Waals surface area contributed by atoms with Crippen LogP contribution in [-0.2, 0) is 21.6 Å². The zero-order valence-electron chi connectivity index (χ0n) is 18.9. The van der Waals surface area contributed by atoms with Gasteiger partial charge in [0.2, 0.25) is 0 Å². The Bertz CT molecular complexity index is 810. The SMILES string of the molecule is CC(C)c1cc2ccccc2[cH-]1.CC(C)c1cc2ccccc2[cH-]1.Cl.Cl.[CH3-].[CH3-].[Ge]=[Zr]. The average Bonchev–Trinajstić information content (AvgIpc) is 3.28. The number of hydrogen-bond acceptors (Lipinski definition) is 0. The van der Waals surface area contributed by atoms with Gasteiger partial charge in [-0.05, 0) is 11.8 Å². The molecule has 4 aromatic rings. The fraction of sp³-hybridized carbons (Fsp3) is 0.231. The van der Waals surface area contributed by atoms with Crippen molar-refractivity contribution in [2.24, 2.45) is 0 Å². The molecule has 4 heteroatoms. The van der Waals surface area contributed by atoms with Crippen LogP contribution in [0.1, 0.15) is 50.7 Å². The van der Waals surface area contributed by atoms with Crippen LogP contribution in [0.3, 0.4) is 0 Å². The predicted octanol–water partition coefficient (Wildman–Crippen LogP) is 8.73. The van der Waals surface area contributed by atoms with Crippen LogP contribution in [-0.4, -0.2) is 12.1 Å². The van der Waals surface area contributed by atoms with Crippen LogP contribution in [0.4, 0.5) is 0 Å². The van der Waals surface area contributed by atoms with Crippen molar-refractivity contribution in [3.63, 3.8) is 0 Å². The molecule has 0 bridgehead atoms. The topological polar surface area (TPSA) is 0 Å². The summed E-state index contributed by atoms with van der Waals surface area (Å²) in [6, 6.07) is 26.1. The van der Waals surface area contributed by atoms with Crippen LogP contribution in [0.2, 0.25) is 0 Å². The van der Waals surface area contributed by atoms with E-state index in [2.05, 4.69) is 113 Å². The quantitative estimate of drug-likeness (QED) is 0.164. The third kappa shape index (κ3) is 9.43. The molecule has 0 atom stereocenters. The molecular weight excluding hydrogens is 547 g/mol. The van der Waals surface area contributed by atoms with Crippen LogP contribution in [0.5, 0.6) is 0 Å². The van der Waals surface area contributed by atoms with E-state index < -0.39 is 0 Å². The minimum atomic E-state index is 0. The van der Waals surface area contributed by atoms with Gasteiger partial charge in [0.05, 0.1) is 0 Å². The summed E-state index contributed by atoms with van der Waals surface area (Å²) in [5, 5.41) is 5.45. The van der Waals surface area contributed by atoms with Crippen LogP contribution < -0.4 is 0 Å². The summed E-state index contributed by atoms with van der Waals surface area (Å²) in [4.78, 5) is 0. The van der Waals surface area contributed by atoms with Crippen LogP contribution in [0.15, 0.2) is 72.8 Å². The van der Waals surface area contributed by atoms with Gasteiger partial charge in [-0.3, -0.25) is 0 Å². The number of benzene rings is 2. The van der Waals surface area contributed by atoms with Crippen LogP contribution in [0.25, 0.3) is 21.5 Å². The first-order chi connectivity index (χ1) is 12.5. The molecule has 2 radical (unpaired) electrons. The summed E-state index contributed by atoms with van der Waals surface area (Å²) < 4.78 is 0. The van der Waals surface area contributed by atoms with Crippen molar-refractivity contribution >= 4 is 58.5 Å². The molecule has 0 fully saturated rings. The second-order valence-electron chi connectivity index (χ2n) is 7.14. The normalized spacial score (nSPS) is 9.10. The number of rotatable bonds is 2. The third-order valence-corrected chi connectivity index (χ3v) is 4.61. The molecule has 0 aliphatic rings. The fourth-order valence-electron chi connectivity index (χ4n) is 3.02. The summed E-state index contributed by atoms with van der Waals surface area (Å²) in [6.07, 6.45) is 0. The maximum absolute atomic E-state index is 2.28. The Morgan fingerprint density at radius 3 is 1.20 bits per heavy atom. The Hall–Kier alpha value is -0.334. The molecule has 0 nitrogen and oxygen atoms in total.